The number of hydrogen-bond donors (Lipinski definition) is 1. The van der Waals surface area contributed by atoms with Gasteiger partial charge in [-0.3, -0.25) is 0 Å². The van der Waals surface area contributed by atoms with Crippen molar-refractivity contribution in [3.8, 4) is 0 Å². The van der Waals surface area contributed by atoms with Crippen LogP contribution >= 0.6 is 8.02 Å². The van der Waals surface area contributed by atoms with Crippen molar-refractivity contribution in [2.45, 2.75) is 25.4 Å². The van der Waals surface area contributed by atoms with E-state index in [0.717, 1.165) is 39.0 Å². The molecule has 1 N–H and O–H groups in total. The Labute approximate surface area is 164 Å². The Morgan fingerprint density at radius 3 is 2.43 bits per heavy atom. The quantitative estimate of drug-likeness (QED) is 0.280. The van der Waals surface area contributed by atoms with E-state index in [0.29, 0.717) is 12.2 Å². The number of nitrogens with zero attached hydrogens (tertiary/aromatic N) is 5. The molecule has 1 unspecified atom stereocenters. The number of aryl methyl sites for hydroxylation is 1. The summed E-state index contributed by atoms with van der Waals surface area (Å²) in [6.45, 7) is 3.32. The van der Waals surface area contributed by atoms with Gasteiger partial charge in [-0.1, -0.05) is 0 Å². The zero-order valence-electron chi connectivity index (χ0n) is 15.9. The van der Waals surface area contributed by atoms with Crippen LogP contribution in [-0.4, -0.2) is 54.9 Å². The van der Waals surface area contributed by atoms with E-state index in [9.17, 15) is 15.0 Å². The summed E-state index contributed by atoms with van der Waals surface area (Å²) in [6, 6.07) is 10.2. The van der Waals surface area contributed by atoms with Gasteiger partial charge in [0.25, 0.3) is 0 Å². The molecule has 0 bridgehead atoms. The third kappa shape index (κ3) is 4.09. The van der Waals surface area contributed by atoms with Crippen LogP contribution in [0.5, 0.6) is 0 Å². The van der Waals surface area contributed by atoms with E-state index >= 15 is 0 Å². The molecule has 152 valence electrons. The van der Waals surface area contributed by atoms with E-state index in [-0.39, 0.29) is 5.82 Å². The van der Waals surface area contributed by atoms with Gasteiger partial charge in [0.15, 0.2) is 0 Å². The number of rotatable bonds is 10. The fraction of sp³-hybridized carbons (Fsp3) is 0.500. The Bertz CT molecular complexity index is 826. The second kappa shape index (κ2) is 7.85. The minimum absolute atomic E-state index is 0.0738. The van der Waals surface area contributed by atoms with Crippen molar-refractivity contribution in [1.29, 1.82) is 0 Å². The maximum absolute atomic E-state index is 11.2. The average molecular weight is 407 g/mol. The molecule has 0 amide bonds. The molecule has 9 nitrogen and oxygen atoms in total. The second-order valence-electron chi connectivity index (χ2n) is 7.32. The van der Waals surface area contributed by atoms with Gasteiger partial charge in [-0.05, 0) is 0 Å². The molecule has 4 rings (SSSR count). The van der Waals surface area contributed by atoms with Gasteiger partial charge in [-0.15, -0.1) is 0 Å². The molecule has 1 atom stereocenters. The molecule has 1 aromatic carbocycles. The summed E-state index contributed by atoms with van der Waals surface area (Å²) in [4.78, 5) is 26.3. The molecule has 2 fully saturated rings. The number of hydrogen-bond acceptors (Lipinski definition) is 7. The van der Waals surface area contributed by atoms with E-state index < -0.39 is 19.0 Å². The maximum atomic E-state index is 11.2. The van der Waals surface area contributed by atoms with Crippen LogP contribution in [0.1, 0.15) is 30.3 Å². The number of benzene rings is 1. The molecule has 10 heteroatoms. The Morgan fingerprint density at radius 2 is 1.89 bits per heavy atom. The van der Waals surface area contributed by atoms with Gasteiger partial charge < -0.3 is 0 Å². The van der Waals surface area contributed by atoms with Crippen LogP contribution < -0.4 is 0 Å². The van der Waals surface area contributed by atoms with Crippen LogP contribution in [0, 0.1) is 10.1 Å². The monoisotopic (exact) mass is 407 g/mol. The van der Waals surface area contributed by atoms with Crippen molar-refractivity contribution >= 4 is 13.8 Å². The molecule has 0 saturated carbocycles. The molecule has 2 aromatic rings. The second-order valence-corrected chi connectivity index (χ2v) is 9.97. The van der Waals surface area contributed by atoms with Crippen LogP contribution in [0.3, 0.4) is 0 Å². The number of nitro groups is 1. The molecule has 1 aromatic heterocycles. The summed E-state index contributed by atoms with van der Waals surface area (Å²) < 4.78 is 11.8. The number of aromatic nitrogens is 2. The molecular weight excluding hydrogens is 381 g/mol. The van der Waals surface area contributed by atoms with Gasteiger partial charge in [0, 0.05) is 0 Å². The van der Waals surface area contributed by atoms with Crippen molar-refractivity contribution in [2.24, 2.45) is 7.05 Å². The van der Waals surface area contributed by atoms with E-state index in [1.54, 1.807) is 7.05 Å². The average Bonchev–Trinajstić information content (AvgIpc) is 3.58. The zero-order valence-corrected chi connectivity index (χ0v) is 16.9. The molecule has 0 spiro atoms. The van der Waals surface area contributed by atoms with Gasteiger partial charge in [0.1, 0.15) is 0 Å². The topological polar surface area (TPSA) is 96.4 Å². The number of imidazole rings is 1. The first-order valence-corrected chi connectivity index (χ1v) is 11.3. The van der Waals surface area contributed by atoms with Crippen molar-refractivity contribution < 1.29 is 14.3 Å². The van der Waals surface area contributed by atoms with Crippen LogP contribution in [-0.2, 0) is 18.0 Å². The van der Waals surface area contributed by atoms with Gasteiger partial charge >= 0.3 is 164 Å². The predicted octanol–water partition coefficient (Wildman–Crippen LogP) is 2.44. The van der Waals surface area contributed by atoms with Crippen molar-refractivity contribution in [3.05, 3.63) is 58.0 Å². The SMILES string of the molecule is Cn1c([N+](=O)[O-])cnc1C(CCCc1ccccc1)O[PH](O)(N1CC1)N1CC1. The van der Waals surface area contributed by atoms with E-state index in [2.05, 4.69) is 17.1 Å². The molecule has 3 heterocycles. The van der Waals surface area contributed by atoms with Crippen LogP contribution in [0.25, 0.3) is 0 Å². The van der Waals surface area contributed by atoms with Crippen molar-refractivity contribution in [2.75, 3.05) is 26.2 Å². The third-order valence-corrected chi connectivity index (χ3v) is 8.41. The molecule has 0 radical (unpaired) electrons. The predicted molar refractivity (Wildman–Crippen MR) is 107 cm³/mol. The molecule has 0 aliphatic carbocycles. The summed E-state index contributed by atoms with van der Waals surface area (Å²) in [5, 5.41) is 11.2. The Kier molecular flexibility index (Phi) is 5.44. The van der Waals surface area contributed by atoms with Crippen molar-refractivity contribution in [3.63, 3.8) is 0 Å². The molecule has 2 aliphatic heterocycles. The first-order valence-electron chi connectivity index (χ1n) is 9.59. The standard InChI is InChI=1S/C18H26N5O4P/c1-20-17(23(24)25)14-19-18(20)16(9-5-8-15-6-3-2-4-7-15)27-28(26,21-10-11-21)22-12-13-22/h2-4,6-7,14,16,26,28H,5,8-13H2,1H3. The van der Waals surface area contributed by atoms with Gasteiger partial charge in [-0.2, -0.15) is 0 Å². The van der Waals surface area contributed by atoms with E-state index in [1.807, 2.05) is 27.5 Å². The van der Waals surface area contributed by atoms with Crippen LogP contribution in [0.15, 0.2) is 36.5 Å². The minimum atomic E-state index is -3.15. The van der Waals surface area contributed by atoms with Gasteiger partial charge in [-0.25, -0.2) is 0 Å². The molecule has 2 saturated heterocycles. The summed E-state index contributed by atoms with van der Waals surface area (Å²) in [5.41, 5.74) is 1.23. The zero-order chi connectivity index (χ0) is 19.7. The van der Waals surface area contributed by atoms with E-state index in [4.69, 9.17) is 4.52 Å². The van der Waals surface area contributed by atoms with Crippen LogP contribution in [0.2, 0.25) is 0 Å². The normalized spacial score (nSPS) is 18.8. The molecular formula is C18H26N5O4P. The fourth-order valence-electron chi connectivity index (χ4n) is 3.48. The molecule has 28 heavy (non-hydrogen) atoms. The van der Waals surface area contributed by atoms with E-state index in [1.165, 1.54) is 16.3 Å². The fourth-order valence-corrected chi connectivity index (χ4v) is 6.15. The summed E-state index contributed by atoms with van der Waals surface area (Å²) >= 11 is 0. The molecule has 2 aliphatic rings. The first-order chi connectivity index (χ1) is 13.5. The van der Waals surface area contributed by atoms with Crippen molar-refractivity contribution in [1.82, 2.24) is 18.9 Å². The third-order valence-electron chi connectivity index (χ3n) is 5.27. The Balaban J connectivity index is 1.53. The van der Waals surface area contributed by atoms with Gasteiger partial charge in [0.05, 0.1) is 0 Å². The Morgan fingerprint density at radius 1 is 1.25 bits per heavy atom. The van der Waals surface area contributed by atoms with Gasteiger partial charge in [0.2, 0.25) is 0 Å². The summed E-state index contributed by atoms with van der Waals surface area (Å²) in [6.07, 6.45) is 3.12. The van der Waals surface area contributed by atoms with Crippen LogP contribution in [0.4, 0.5) is 5.82 Å². The summed E-state index contributed by atoms with van der Waals surface area (Å²) in [5.74, 6) is 0.421. The first kappa shape index (κ1) is 19.4. The Hall–Kier alpha value is -1.90. The summed E-state index contributed by atoms with van der Waals surface area (Å²) in [7, 11) is -1.53.